The lowest BCUT2D eigenvalue weighted by atomic mass is 9.61. The summed E-state index contributed by atoms with van der Waals surface area (Å²) < 4.78 is 0. The van der Waals surface area contributed by atoms with Crippen LogP contribution in [-0.4, -0.2) is 9.91 Å². The molecular weight excluding hydrogens is 376 g/mol. The van der Waals surface area contributed by atoms with Crippen LogP contribution in [0.25, 0.3) is 22.4 Å². The molecule has 1 saturated carbocycles. The molecule has 0 aliphatic heterocycles. The van der Waals surface area contributed by atoms with Crippen molar-refractivity contribution in [2.24, 2.45) is 0 Å². The number of nitrogens with zero attached hydrogens (tertiary/aromatic N) is 1. The Morgan fingerprint density at radius 3 is 2.23 bits per heavy atom. The van der Waals surface area contributed by atoms with E-state index in [1.54, 1.807) is 0 Å². The molecule has 1 N–H and O–H groups in total. The maximum Gasteiger partial charge on any atom is 0.334 e. The third-order valence-corrected chi connectivity index (χ3v) is 6.09. The van der Waals surface area contributed by atoms with Gasteiger partial charge in [0.05, 0.1) is 10.6 Å². The van der Waals surface area contributed by atoms with Crippen LogP contribution < -0.4 is 5.56 Å². The summed E-state index contributed by atoms with van der Waals surface area (Å²) in [5.74, 6) is 1.44. The Bertz CT molecular complexity index is 1110. The van der Waals surface area contributed by atoms with E-state index in [2.05, 4.69) is 31.0 Å². The summed E-state index contributed by atoms with van der Waals surface area (Å²) in [6, 6.07) is 19.1. The molecule has 0 saturated heterocycles. The summed E-state index contributed by atoms with van der Waals surface area (Å²) in [4.78, 5) is 25.8. The SMILES string of the molecule is C[C](C)CC1(c2ccc(-c3[nH]c(=O)c([N+](=O)[O-])cc3-c3ccccc3)cc2)CCC1. The number of aromatic nitrogens is 1. The Labute approximate surface area is 175 Å². The number of aromatic amines is 1. The monoisotopic (exact) mass is 401 g/mol. The Balaban J connectivity index is 1.80. The van der Waals surface area contributed by atoms with E-state index in [4.69, 9.17) is 0 Å². The number of hydrogen-bond acceptors (Lipinski definition) is 3. The largest absolute Gasteiger partial charge is 0.334 e. The molecule has 1 aliphatic rings. The first-order valence-electron chi connectivity index (χ1n) is 10.3. The van der Waals surface area contributed by atoms with Crippen LogP contribution in [0.4, 0.5) is 5.69 Å². The smallest absolute Gasteiger partial charge is 0.315 e. The highest BCUT2D eigenvalue weighted by Crippen LogP contribution is 2.48. The molecule has 1 radical (unpaired) electrons. The Morgan fingerprint density at radius 1 is 1.03 bits per heavy atom. The van der Waals surface area contributed by atoms with E-state index in [9.17, 15) is 14.9 Å². The fourth-order valence-electron chi connectivity index (χ4n) is 4.57. The summed E-state index contributed by atoms with van der Waals surface area (Å²) in [5.41, 5.74) is 3.32. The van der Waals surface area contributed by atoms with Crippen LogP contribution in [0.2, 0.25) is 0 Å². The molecule has 30 heavy (non-hydrogen) atoms. The Kier molecular flexibility index (Phi) is 5.29. The summed E-state index contributed by atoms with van der Waals surface area (Å²) in [6.07, 6.45) is 4.74. The minimum absolute atomic E-state index is 0.225. The Morgan fingerprint density at radius 2 is 1.70 bits per heavy atom. The van der Waals surface area contributed by atoms with Crippen molar-refractivity contribution in [2.45, 2.75) is 44.9 Å². The lowest BCUT2D eigenvalue weighted by Crippen LogP contribution is -2.35. The summed E-state index contributed by atoms with van der Waals surface area (Å²) in [5, 5.41) is 11.3. The van der Waals surface area contributed by atoms with Crippen molar-refractivity contribution in [1.29, 1.82) is 0 Å². The number of H-pyrrole nitrogens is 1. The molecule has 5 nitrogen and oxygen atoms in total. The van der Waals surface area contributed by atoms with Gasteiger partial charge in [0.15, 0.2) is 0 Å². The fourth-order valence-corrected chi connectivity index (χ4v) is 4.57. The van der Waals surface area contributed by atoms with E-state index in [-0.39, 0.29) is 5.41 Å². The van der Waals surface area contributed by atoms with Gasteiger partial charge >= 0.3 is 11.2 Å². The van der Waals surface area contributed by atoms with E-state index in [1.165, 1.54) is 36.8 Å². The van der Waals surface area contributed by atoms with E-state index in [0.717, 1.165) is 17.5 Å². The predicted octanol–water partition coefficient (Wildman–Crippen LogP) is 6.04. The highest BCUT2D eigenvalue weighted by molar-refractivity contribution is 5.82. The van der Waals surface area contributed by atoms with E-state index < -0.39 is 16.2 Å². The molecule has 0 amide bonds. The minimum Gasteiger partial charge on any atom is -0.315 e. The van der Waals surface area contributed by atoms with Crippen LogP contribution in [0.3, 0.4) is 0 Å². The topological polar surface area (TPSA) is 76.0 Å². The maximum atomic E-state index is 12.3. The first-order valence-corrected chi connectivity index (χ1v) is 10.3. The number of benzene rings is 2. The van der Waals surface area contributed by atoms with Gasteiger partial charge in [-0.1, -0.05) is 74.9 Å². The molecule has 1 heterocycles. The molecule has 4 rings (SSSR count). The standard InChI is InChI=1S/C25H25N2O3/c1-17(2)16-25(13-6-14-25)20-11-9-19(10-12-20)23-21(18-7-4-3-5-8-18)15-22(27(29)30)24(28)26-23/h3-5,7-12,15H,6,13-14,16H2,1-2H3,(H,26,28). The number of nitro groups is 1. The molecule has 2 aromatic carbocycles. The lowest BCUT2D eigenvalue weighted by molar-refractivity contribution is -0.386. The average Bonchev–Trinajstić information content (AvgIpc) is 2.71. The highest BCUT2D eigenvalue weighted by Gasteiger charge is 2.38. The highest BCUT2D eigenvalue weighted by atomic mass is 16.6. The van der Waals surface area contributed by atoms with Gasteiger partial charge < -0.3 is 4.98 Å². The third kappa shape index (κ3) is 3.67. The average molecular weight is 401 g/mol. The van der Waals surface area contributed by atoms with Crippen LogP contribution >= 0.6 is 0 Å². The van der Waals surface area contributed by atoms with E-state index >= 15 is 0 Å². The summed E-state index contributed by atoms with van der Waals surface area (Å²) in [6.45, 7) is 4.37. The van der Waals surface area contributed by atoms with Gasteiger partial charge in [-0.2, -0.15) is 0 Å². The van der Waals surface area contributed by atoms with Crippen LogP contribution in [0.5, 0.6) is 0 Å². The van der Waals surface area contributed by atoms with E-state index in [1.807, 2.05) is 42.5 Å². The summed E-state index contributed by atoms with van der Waals surface area (Å²) >= 11 is 0. The molecule has 0 atom stereocenters. The lowest BCUT2D eigenvalue weighted by Gasteiger charge is -2.44. The zero-order valence-corrected chi connectivity index (χ0v) is 17.3. The van der Waals surface area contributed by atoms with Crippen molar-refractivity contribution in [2.75, 3.05) is 0 Å². The zero-order valence-electron chi connectivity index (χ0n) is 17.3. The normalized spacial score (nSPS) is 15.0. The Hall–Kier alpha value is -3.21. The molecule has 1 aliphatic carbocycles. The van der Waals surface area contributed by atoms with Crippen LogP contribution in [0.15, 0.2) is 65.5 Å². The molecule has 0 bridgehead atoms. The van der Waals surface area contributed by atoms with Crippen LogP contribution in [0, 0.1) is 16.0 Å². The van der Waals surface area contributed by atoms with Crippen LogP contribution in [-0.2, 0) is 5.41 Å². The van der Waals surface area contributed by atoms with Gasteiger partial charge in [0.25, 0.3) is 0 Å². The fraction of sp³-hybridized carbons (Fsp3) is 0.280. The molecule has 0 unspecified atom stereocenters. The number of nitrogens with one attached hydrogen (secondary N) is 1. The molecular formula is C25H25N2O3. The molecule has 1 fully saturated rings. The second-order valence-electron chi connectivity index (χ2n) is 8.49. The zero-order chi connectivity index (χ0) is 21.3. The summed E-state index contributed by atoms with van der Waals surface area (Å²) in [7, 11) is 0. The van der Waals surface area contributed by atoms with Crippen LogP contribution in [0.1, 0.15) is 45.1 Å². The second kappa shape index (κ2) is 7.90. The minimum atomic E-state index is -0.689. The molecule has 1 aromatic heterocycles. The second-order valence-corrected chi connectivity index (χ2v) is 8.49. The van der Waals surface area contributed by atoms with Crippen molar-refractivity contribution in [3.05, 3.63) is 92.6 Å². The van der Waals surface area contributed by atoms with Crippen molar-refractivity contribution in [1.82, 2.24) is 4.98 Å². The van der Waals surface area contributed by atoms with Crippen molar-refractivity contribution in [3.63, 3.8) is 0 Å². The third-order valence-electron chi connectivity index (χ3n) is 6.09. The van der Waals surface area contributed by atoms with Gasteiger partial charge in [-0.3, -0.25) is 14.9 Å². The molecule has 0 spiro atoms. The van der Waals surface area contributed by atoms with Gasteiger partial charge in [0.2, 0.25) is 0 Å². The van der Waals surface area contributed by atoms with E-state index in [0.29, 0.717) is 11.3 Å². The maximum absolute atomic E-state index is 12.3. The van der Waals surface area contributed by atoms with Gasteiger partial charge in [0, 0.05) is 11.6 Å². The number of hydrogen-bond donors (Lipinski definition) is 1. The van der Waals surface area contributed by atoms with Crippen molar-refractivity contribution < 1.29 is 4.92 Å². The first-order chi connectivity index (χ1) is 14.4. The van der Waals surface area contributed by atoms with Gasteiger partial charge in [-0.25, -0.2) is 0 Å². The quantitative estimate of drug-likeness (QED) is 0.404. The number of rotatable bonds is 6. The van der Waals surface area contributed by atoms with Gasteiger partial charge in [-0.05, 0) is 47.3 Å². The van der Waals surface area contributed by atoms with Crippen molar-refractivity contribution >= 4 is 5.69 Å². The molecule has 153 valence electrons. The van der Waals surface area contributed by atoms with Gasteiger partial charge in [-0.15, -0.1) is 0 Å². The molecule has 5 heteroatoms. The van der Waals surface area contributed by atoms with Gasteiger partial charge in [0.1, 0.15) is 0 Å². The molecule has 3 aromatic rings. The number of pyridine rings is 1. The van der Waals surface area contributed by atoms with Crippen molar-refractivity contribution in [3.8, 4) is 22.4 Å². The first kappa shape index (κ1) is 20.1. The predicted molar refractivity (Wildman–Crippen MR) is 119 cm³/mol.